The number of rotatable bonds is 4. The molecule has 2 aromatic carbocycles. The second-order valence-electron chi connectivity index (χ2n) is 6.01. The maximum absolute atomic E-state index is 13.4. The van der Waals surface area contributed by atoms with E-state index in [0.29, 0.717) is 22.3 Å². The van der Waals surface area contributed by atoms with Crippen LogP contribution in [0.25, 0.3) is 0 Å². The molecule has 1 amide bonds. The first-order valence-corrected chi connectivity index (χ1v) is 9.20. The van der Waals surface area contributed by atoms with Gasteiger partial charge in [-0.3, -0.25) is 4.79 Å². The van der Waals surface area contributed by atoms with E-state index in [0.717, 1.165) is 16.9 Å². The average Bonchev–Trinajstić information content (AvgIpc) is 2.63. The number of nitrogens with one attached hydrogen (secondary N) is 2. The summed E-state index contributed by atoms with van der Waals surface area (Å²) in [4.78, 5) is 15.2. The monoisotopic (exact) mass is 385 g/mol. The molecule has 3 rings (SSSR count). The van der Waals surface area contributed by atoms with Crippen LogP contribution in [0.15, 0.2) is 65.9 Å². The molecule has 0 saturated carbocycles. The highest BCUT2D eigenvalue weighted by Gasteiger charge is 2.32. The summed E-state index contributed by atoms with van der Waals surface area (Å²) in [6, 6.07) is 16.8. The lowest BCUT2D eigenvalue weighted by molar-refractivity contribution is -0.115. The second kappa shape index (κ2) is 7.89. The van der Waals surface area contributed by atoms with Crippen LogP contribution < -0.4 is 15.5 Å². The van der Waals surface area contributed by atoms with Gasteiger partial charge in [-0.1, -0.05) is 41.9 Å². The van der Waals surface area contributed by atoms with Gasteiger partial charge >= 0.3 is 0 Å². The number of anilines is 1. The van der Waals surface area contributed by atoms with Crippen molar-refractivity contribution in [2.24, 2.45) is 0 Å². The van der Waals surface area contributed by atoms with Crippen molar-refractivity contribution in [2.75, 3.05) is 11.4 Å². The Kier molecular flexibility index (Phi) is 5.59. The van der Waals surface area contributed by atoms with Gasteiger partial charge in [0.25, 0.3) is 5.91 Å². The first-order valence-electron chi connectivity index (χ1n) is 8.42. The van der Waals surface area contributed by atoms with Crippen molar-refractivity contribution in [3.63, 3.8) is 0 Å². The molecule has 0 aromatic heterocycles. The number of carbonyl (C=O) groups excluding carboxylic acids is 1. The molecule has 0 aliphatic carbocycles. The van der Waals surface area contributed by atoms with E-state index in [1.165, 1.54) is 0 Å². The summed E-state index contributed by atoms with van der Waals surface area (Å²) in [5, 5.41) is 7.45. The largest absolute Gasteiger partial charge is 0.351 e. The number of likely N-dealkylation sites (N-methyl/N-ethyl adjacent to an activating group) is 1. The van der Waals surface area contributed by atoms with E-state index in [9.17, 15) is 4.79 Å². The van der Waals surface area contributed by atoms with Gasteiger partial charge in [0.05, 0.1) is 11.6 Å². The van der Waals surface area contributed by atoms with Gasteiger partial charge < -0.3 is 15.5 Å². The SMILES string of the molecule is CCN(C(=O)C1=C(C)NC(=S)NC1c1ccc(Cl)cc1)c1ccccc1. The Morgan fingerprint density at radius 2 is 1.81 bits per heavy atom. The van der Waals surface area contributed by atoms with Crippen LogP contribution in [0.2, 0.25) is 5.02 Å². The molecule has 1 aliphatic rings. The van der Waals surface area contributed by atoms with E-state index in [2.05, 4.69) is 10.6 Å². The quantitative estimate of drug-likeness (QED) is 0.775. The summed E-state index contributed by atoms with van der Waals surface area (Å²) in [5.41, 5.74) is 3.20. The van der Waals surface area contributed by atoms with Crippen LogP contribution in [0, 0.1) is 0 Å². The topological polar surface area (TPSA) is 44.4 Å². The fraction of sp³-hybridized carbons (Fsp3) is 0.200. The summed E-state index contributed by atoms with van der Waals surface area (Å²) >= 11 is 11.3. The highest BCUT2D eigenvalue weighted by Crippen LogP contribution is 2.30. The Labute approximate surface area is 163 Å². The van der Waals surface area contributed by atoms with Gasteiger partial charge in [-0.2, -0.15) is 0 Å². The lowest BCUT2D eigenvalue weighted by Crippen LogP contribution is -2.47. The predicted molar refractivity (Wildman–Crippen MR) is 110 cm³/mol. The fourth-order valence-electron chi connectivity index (χ4n) is 3.08. The van der Waals surface area contributed by atoms with Crippen LogP contribution in [0.1, 0.15) is 25.5 Å². The number of thiocarbonyl (C=S) groups is 1. The molecule has 0 bridgehead atoms. The van der Waals surface area contributed by atoms with Crippen LogP contribution in [0.4, 0.5) is 5.69 Å². The van der Waals surface area contributed by atoms with Crippen molar-refractivity contribution >= 4 is 40.5 Å². The van der Waals surface area contributed by atoms with Crippen molar-refractivity contribution in [2.45, 2.75) is 19.9 Å². The molecule has 0 fully saturated rings. The van der Waals surface area contributed by atoms with Gasteiger partial charge in [-0.15, -0.1) is 0 Å². The van der Waals surface area contributed by atoms with Crippen molar-refractivity contribution in [1.29, 1.82) is 0 Å². The van der Waals surface area contributed by atoms with Gasteiger partial charge in [0.15, 0.2) is 5.11 Å². The number of hydrogen-bond donors (Lipinski definition) is 2. The number of amides is 1. The lowest BCUT2D eigenvalue weighted by atomic mass is 9.94. The first-order chi connectivity index (χ1) is 12.5. The number of carbonyl (C=O) groups is 1. The molecule has 2 N–H and O–H groups in total. The Hall–Kier alpha value is -2.37. The van der Waals surface area contributed by atoms with E-state index >= 15 is 0 Å². The maximum atomic E-state index is 13.4. The first kappa shape index (κ1) is 18.4. The van der Waals surface area contributed by atoms with Crippen LogP contribution in [-0.2, 0) is 4.79 Å². The van der Waals surface area contributed by atoms with Gasteiger partial charge in [-0.25, -0.2) is 0 Å². The zero-order valence-corrected chi connectivity index (χ0v) is 16.2. The van der Waals surface area contributed by atoms with Crippen LogP contribution in [0.5, 0.6) is 0 Å². The van der Waals surface area contributed by atoms with Gasteiger partial charge in [-0.05, 0) is 55.9 Å². The molecule has 26 heavy (non-hydrogen) atoms. The highest BCUT2D eigenvalue weighted by atomic mass is 35.5. The zero-order valence-electron chi connectivity index (χ0n) is 14.6. The molecule has 6 heteroatoms. The lowest BCUT2D eigenvalue weighted by Gasteiger charge is -2.33. The molecule has 1 heterocycles. The molecule has 1 aliphatic heterocycles. The number of nitrogens with zero attached hydrogens (tertiary/aromatic N) is 1. The molecule has 0 radical (unpaired) electrons. The van der Waals surface area contributed by atoms with E-state index in [4.69, 9.17) is 23.8 Å². The highest BCUT2D eigenvalue weighted by molar-refractivity contribution is 7.80. The number of halogens is 1. The third-order valence-electron chi connectivity index (χ3n) is 4.33. The normalized spacial score (nSPS) is 16.7. The van der Waals surface area contributed by atoms with Crippen molar-refractivity contribution < 1.29 is 4.79 Å². The molecule has 134 valence electrons. The zero-order chi connectivity index (χ0) is 18.7. The number of allylic oxidation sites excluding steroid dienone is 1. The molecular formula is C20H20ClN3OS. The summed E-state index contributed by atoms with van der Waals surface area (Å²) in [5.74, 6) is -0.0568. The van der Waals surface area contributed by atoms with Crippen molar-refractivity contribution in [3.05, 3.63) is 76.5 Å². The maximum Gasteiger partial charge on any atom is 0.258 e. The summed E-state index contributed by atoms with van der Waals surface area (Å²) in [6.07, 6.45) is 0. The minimum absolute atomic E-state index is 0.0568. The fourth-order valence-corrected chi connectivity index (χ4v) is 3.48. The smallest absolute Gasteiger partial charge is 0.258 e. The van der Waals surface area contributed by atoms with Crippen molar-refractivity contribution in [1.82, 2.24) is 10.6 Å². The van der Waals surface area contributed by atoms with Crippen molar-refractivity contribution in [3.8, 4) is 0 Å². The molecule has 2 aromatic rings. The van der Waals surface area contributed by atoms with Gasteiger partial charge in [0, 0.05) is 23.0 Å². The molecule has 0 spiro atoms. The summed E-state index contributed by atoms with van der Waals surface area (Å²) in [7, 11) is 0. The Bertz CT molecular complexity index is 849. The molecule has 4 nitrogen and oxygen atoms in total. The van der Waals surface area contributed by atoms with Crippen LogP contribution >= 0.6 is 23.8 Å². The van der Waals surface area contributed by atoms with E-state index < -0.39 is 0 Å². The van der Waals surface area contributed by atoms with Gasteiger partial charge in [0.1, 0.15) is 0 Å². The van der Waals surface area contributed by atoms with Crippen LogP contribution in [-0.4, -0.2) is 17.6 Å². The Morgan fingerprint density at radius 1 is 1.15 bits per heavy atom. The standard InChI is InChI=1S/C20H20ClN3OS/c1-3-24(16-7-5-4-6-8-16)19(25)17-13(2)22-20(26)23-18(17)14-9-11-15(21)12-10-14/h4-12,18H,3H2,1-2H3,(H2,22,23,26). The predicted octanol–water partition coefficient (Wildman–Crippen LogP) is 4.19. The average molecular weight is 386 g/mol. The van der Waals surface area contributed by atoms with Gasteiger partial charge in [0.2, 0.25) is 0 Å². The minimum atomic E-state index is -0.328. The third kappa shape index (κ3) is 3.74. The number of benzene rings is 2. The number of hydrogen-bond acceptors (Lipinski definition) is 2. The second-order valence-corrected chi connectivity index (χ2v) is 6.85. The Balaban J connectivity index is 2.03. The molecule has 1 atom stereocenters. The molecular weight excluding hydrogens is 366 g/mol. The summed E-state index contributed by atoms with van der Waals surface area (Å²) < 4.78 is 0. The third-order valence-corrected chi connectivity index (χ3v) is 4.80. The molecule has 0 saturated heterocycles. The Morgan fingerprint density at radius 3 is 2.42 bits per heavy atom. The number of para-hydroxylation sites is 1. The summed E-state index contributed by atoms with van der Waals surface area (Å²) in [6.45, 7) is 4.41. The van der Waals surface area contributed by atoms with E-state index in [1.54, 1.807) is 4.90 Å². The van der Waals surface area contributed by atoms with E-state index in [1.807, 2.05) is 68.4 Å². The van der Waals surface area contributed by atoms with Crippen LogP contribution in [0.3, 0.4) is 0 Å². The van der Waals surface area contributed by atoms with E-state index in [-0.39, 0.29) is 11.9 Å². The molecule has 1 unspecified atom stereocenters. The minimum Gasteiger partial charge on any atom is -0.351 e.